The number of aromatic nitrogens is 2. The number of nitrogens with zero attached hydrogens (tertiary/aromatic N) is 3. The van der Waals surface area contributed by atoms with Gasteiger partial charge in [0.1, 0.15) is 17.6 Å². The number of Topliss-reactive ketones (excluding diaryl/α,β-unsaturated/α-hetero) is 1. The fourth-order valence-electron chi connectivity index (χ4n) is 5.09. The van der Waals surface area contributed by atoms with Crippen LogP contribution in [0.3, 0.4) is 0 Å². The van der Waals surface area contributed by atoms with E-state index in [-0.39, 0.29) is 17.4 Å². The van der Waals surface area contributed by atoms with Crippen molar-refractivity contribution in [2.75, 3.05) is 6.54 Å². The van der Waals surface area contributed by atoms with Gasteiger partial charge < -0.3 is 19.3 Å². The van der Waals surface area contributed by atoms with Crippen LogP contribution in [0.4, 0.5) is 0 Å². The lowest BCUT2D eigenvalue weighted by molar-refractivity contribution is -0.139. The van der Waals surface area contributed by atoms with Gasteiger partial charge in [-0.15, -0.1) is 0 Å². The van der Waals surface area contributed by atoms with Gasteiger partial charge in [0, 0.05) is 37.5 Å². The maximum absolute atomic E-state index is 13.3. The number of carbonyl (C=O) groups excluding carboxylic acids is 2. The molecule has 7 heteroatoms. The number of carbonyl (C=O) groups is 2. The van der Waals surface area contributed by atoms with E-state index in [0.29, 0.717) is 31.0 Å². The van der Waals surface area contributed by atoms with Gasteiger partial charge in [-0.05, 0) is 54.2 Å². The van der Waals surface area contributed by atoms with Gasteiger partial charge in [0.25, 0.3) is 11.7 Å². The fraction of sp³-hybridized carbons (Fsp3) is 0.345. The van der Waals surface area contributed by atoms with Crippen LogP contribution in [0.1, 0.15) is 61.4 Å². The van der Waals surface area contributed by atoms with Crippen LogP contribution in [0, 0.1) is 0 Å². The predicted molar refractivity (Wildman–Crippen MR) is 137 cm³/mol. The number of amides is 1. The third-order valence-electron chi connectivity index (χ3n) is 7.00. The largest absolute Gasteiger partial charge is 0.507 e. The van der Waals surface area contributed by atoms with Crippen molar-refractivity contribution in [2.24, 2.45) is 0 Å². The standard InChI is InChI=1S/C29H31N3O4/c1-18(2)20-5-7-21(8-6-20)26-25(27(33)22-9-10-24-23(16-22)15-19(3)36-24)28(34)29(35)32(26)13-4-12-31-14-11-30-17-31/h5-11,14,16-19,26,33H,4,12-13,15H2,1-3H3/t19-,26-/m0/s1. The second-order valence-corrected chi connectivity index (χ2v) is 9.92. The van der Waals surface area contributed by atoms with E-state index in [9.17, 15) is 14.7 Å². The quantitative estimate of drug-likeness (QED) is 0.294. The summed E-state index contributed by atoms with van der Waals surface area (Å²) in [7, 11) is 0. The SMILES string of the molecule is CC(C)c1ccc([C@H]2C(=C(O)c3ccc4c(c3)C[C@H](C)O4)C(=O)C(=O)N2CCCn2ccnc2)cc1. The maximum atomic E-state index is 13.3. The number of hydrogen-bond donors (Lipinski definition) is 1. The number of aliphatic hydroxyl groups is 1. The lowest BCUT2D eigenvalue weighted by Gasteiger charge is -2.26. The zero-order chi connectivity index (χ0) is 25.4. The molecule has 186 valence electrons. The predicted octanol–water partition coefficient (Wildman–Crippen LogP) is 4.84. The Hall–Kier alpha value is -3.87. The number of benzene rings is 2. The number of fused-ring (bicyclic) bond motifs is 1. The highest BCUT2D eigenvalue weighted by molar-refractivity contribution is 6.46. The number of ether oxygens (including phenoxy) is 1. The van der Waals surface area contributed by atoms with Crippen molar-refractivity contribution in [1.29, 1.82) is 0 Å². The monoisotopic (exact) mass is 485 g/mol. The van der Waals surface area contributed by atoms with Gasteiger partial charge >= 0.3 is 0 Å². The Labute approximate surface area is 211 Å². The van der Waals surface area contributed by atoms with E-state index in [0.717, 1.165) is 23.3 Å². The van der Waals surface area contributed by atoms with E-state index in [1.807, 2.05) is 54.1 Å². The molecule has 2 aliphatic heterocycles. The molecule has 2 aliphatic rings. The molecule has 0 spiro atoms. The van der Waals surface area contributed by atoms with E-state index in [2.05, 4.69) is 18.8 Å². The third kappa shape index (κ3) is 4.41. The highest BCUT2D eigenvalue weighted by Crippen LogP contribution is 2.41. The number of hydrogen-bond acceptors (Lipinski definition) is 5. The van der Waals surface area contributed by atoms with Crippen molar-refractivity contribution < 1.29 is 19.4 Å². The Balaban J connectivity index is 1.53. The molecule has 1 fully saturated rings. The Morgan fingerprint density at radius 3 is 2.61 bits per heavy atom. The highest BCUT2D eigenvalue weighted by atomic mass is 16.5. The van der Waals surface area contributed by atoms with Crippen LogP contribution in [0.2, 0.25) is 0 Å². The summed E-state index contributed by atoms with van der Waals surface area (Å²) in [4.78, 5) is 32.2. The summed E-state index contributed by atoms with van der Waals surface area (Å²) in [5.74, 6) is -0.237. The van der Waals surface area contributed by atoms with Gasteiger partial charge in [-0.3, -0.25) is 9.59 Å². The van der Waals surface area contributed by atoms with E-state index < -0.39 is 17.7 Å². The molecule has 1 N–H and O–H groups in total. The third-order valence-corrected chi connectivity index (χ3v) is 7.00. The second-order valence-electron chi connectivity index (χ2n) is 9.92. The minimum Gasteiger partial charge on any atom is -0.507 e. The summed E-state index contributed by atoms with van der Waals surface area (Å²) >= 11 is 0. The maximum Gasteiger partial charge on any atom is 0.295 e. The van der Waals surface area contributed by atoms with Gasteiger partial charge in [0.15, 0.2) is 0 Å². The molecule has 1 aromatic heterocycles. The fourth-order valence-corrected chi connectivity index (χ4v) is 5.09. The molecule has 0 saturated carbocycles. The first-order valence-corrected chi connectivity index (χ1v) is 12.5. The Bertz CT molecular complexity index is 1310. The first-order chi connectivity index (χ1) is 17.3. The molecule has 2 atom stereocenters. The van der Waals surface area contributed by atoms with E-state index in [1.165, 1.54) is 5.56 Å². The average molecular weight is 486 g/mol. The smallest absolute Gasteiger partial charge is 0.295 e. The number of ketones is 1. The van der Waals surface area contributed by atoms with Crippen LogP contribution in [-0.4, -0.2) is 43.9 Å². The van der Waals surface area contributed by atoms with Crippen LogP contribution in [0.25, 0.3) is 5.76 Å². The molecule has 1 amide bonds. The molecular formula is C29H31N3O4. The molecule has 36 heavy (non-hydrogen) atoms. The van der Waals surface area contributed by atoms with E-state index in [1.54, 1.807) is 23.5 Å². The summed E-state index contributed by atoms with van der Waals surface area (Å²) in [6.45, 7) is 7.29. The molecule has 3 heterocycles. The average Bonchev–Trinajstić information content (AvgIpc) is 3.57. The minimum atomic E-state index is -0.655. The minimum absolute atomic E-state index is 0.0675. The lowest BCUT2D eigenvalue weighted by atomic mass is 9.92. The summed E-state index contributed by atoms with van der Waals surface area (Å²) in [5.41, 5.74) is 3.61. The molecule has 0 aliphatic carbocycles. The van der Waals surface area contributed by atoms with Gasteiger partial charge in [-0.25, -0.2) is 4.98 Å². The Kier molecular flexibility index (Phi) is 6.39. The zero-order valence-electron chi connectivity index (χ0n) is 20.8. The molecule has 2 aromatic carbocycles. The van der Waals surface area contributed by atoms with E-state index in [4.69, 9.17) is 4.74 Å². The van der Waals surface area contributed by atoms with Crippen molar-refractivity contribution in [3.8, 4) is 5.75 Å². The Morgan fingerprint density at radius 1 is 1.14 bits per heavy atom. The molecule has 0 unspecified atom stereocenters. The first-order valence-electron chi connectivity index (χ1n) is 12.5. The highest BCUT2D eigenvalue weighted by Gasteiger charge is 2.45. The van der Waals surface area contributed by atoms with Gasteiger partial charge in [-0.2, -0.15) is 0 Å². The molecule has 0 radical (unpaired) electrons. The second kappa shape index (κ2) is 9.64. The first kappa shape index (κ1) is 23.9. The topological polar surface area (TPSA) is 84.7 Å². The van der Waals surface area contributed by atoms with Gasteiger partial charge in [0.05, 0.1) is 17.9 Å². The number of rotatable bonds is 7. The summed E-state index contributed by atoms with van der Waals surface area (Å²) < 4.78 is 7.73. The van der Waals surface area contributed by atoms with Gasteiger partial charge in [0.2, 0.25) is 0 Å². The number of imidazole rings is 1. The van der Waals surface area contributed by atoms with E-state index >= 15 is 0 Å². The summed E-state index contributed by atoms with van der Waals surface area (Å²) in [5, 5.41) is 11.4. The lowest BCUT2D eigenvalue weighted by Crippen LogP contribution is -2.31. The summed E-state index contributed by atoms with van der Waals surface area (Å²) in [6.07, 6.45) is 6.77. The Morgan fingerprint density at radius 2 is 1.92 bits per heavy atom. The molecule has 0 bridgehead atoms. The van der Waals surface area contributed by atoms with Crippen molar-refractivity contribution in [3.05, 3.63) is 89.0 Å². The number of likely N-dealkylation sites (tertiary alicyclic amines) is 1. The van der Waals surface area contributed by atoms with Crippen LogP contribution >= 0.6 is 0 Å². The van der Waals surface area contributed by atoms with Crippen LogP contribution in [0.5, 0.6) is 5.75 Å². The summed E-state index contributed by atoms with van der Waals surface area (Å²) in [6, 6.07) is 12.7. The van der Waals surface area contributed by atoms with Crippen molar-refractivity contribution in [3.63, 3.8) is 0 Å². The van der Waals surface area contributed by atoms with Crippen molar-refractivity contribution in [1.82, 2.24) is 14.5 Å². The molecule has 5 rings (SSSR count). The zero-order valence-corrected chi connectivity index (χ0v) is 20.8. The molecule has 7 nitrogen and oxygen atoms in total. The number of aryl methyl sites for hydroxylation is 1. The van der Waals surface area contributed by atoms with Crippen molar-refractivity contribution in [2.45, 2.75) is 58.2 Å². The van der Waals surface area contributed by atoms with Crippen LogP contribution < -0.4 is 4.74 Å². The normalized spacial score (nSPS) is 20.7. The molecular weight excluding hydrogens is 454 g/mol. The molecule has 3 aromatic rings. The van der Waals surface area contributed by atoms with Crippen molar-refractivity contribution >= 4 is 17.4 Å². The molecule has 1 saturated heterocycles. The van der Waals surface area contributed by atoms with Gasteiger partial charge in [-0.1, -0.05) is 38.1 Å². The van der Waals surface area contributed by atoms with Crippen LogP contribution in [0.15, 0.2) is 66.8 Å². The number of aliphatic hydroxyl groups excluding tert-OH is 1. The van der Waals surface area contributed by atoms with Crippen LogP contribution in [-0.2, 0) is 22.6 Å².